The van der Waals surface area contributed by atoms with Gasteiger partial charge in [-0.2, -0.15) is 0 Å². The van der Waals surface area contributed by atoms with E-state index >= 15 is 0 Å². The molecule has 3 nitrogen and oxygen atoms in total. The maximum Gasteiger partial charge on any atom is 0.129 e. The third-order valence-electron chi connectivity index (χ3n) is 2.77. The highest BCUT2D eigenvalue weighted by molar-refractivity contribution is 14.1. The Morgan fingerprint density at radius 3 is 2.47 bits per heavy atom. The van der Waals surface area contributed by atoms with Crippen LogP contribution in [0.3, 0.4) is 0 Å². The minimum atomic E-state index is -1.12. The summed E-state index contributed by atoms with van der Waals surface area (Å²) in [5, 5.41) is 10.6. The van der Waals surface area contributed by atoms with Crippen LogP contribution in [0.25, 0.3) is 0 Å². The van der Waals surface area contributed by atoms with E-state index in [0.717, 1.165) is 9.13 Å². The third kappa shape index (κ3) is 2.42. The number of anilines is 1. The van der Waals surface area contributed by atoms with Crippen molar-refractivity contribution in [1.82, 2.24) is 4.98 Å². The van der Waals surface area contributed by atoms with Crippen molar-refractivity contribution < 1.29 is 5.11 Å². The van der Waals surface area contributed by atoms with E-state index in [9.17, 15) is 5.11 Å². The lowest BCUT2D eigenvalue weighted by Crippen LogP contribution is -2.24. The number of aromatic nitrogens is 1. The molecule has 0 saturated carbocycles. The lowest BCUT2D eigenvalue weighted by atomic mass is 9.88. The van der Waals surface area contributed by atoms with Gasteiger partial charge in [-0.15, -0.1) is 0 Å². The molecule has 0 fully saturated rings. The summed E-state index contributed by atoms with van der Waals surface area (Å²) in [6.07, 6.45) is 1.61. The molecule has 17 heavy (non-hydrogen) atoms. The van der Waals surface area contributed by atoms with Crippen LogP contribution in [0.2, 0.25) is 0 Å². The Morgan fingerprint density at radius 2 is 1.88 bits per heavy atom. The maximum absolute atomic E-state index is 10.6. The number of nitrogens with zero attached hydrogens (tertiary/aromatic N) is 1. The van der Waals surface area contributed by atoms with Gasteiger partial charge in [0.15, 0.2) is 0 Å². The van der Waals surface area contributed by atoms with Crippen LogP contribution in [-0.4, -0.2) is 10.1 Å². The molecule has 0 spiro atoms. The smallest absolute Gasteiger partial charge is 0.129 e. The molecule has 2 rings (SSSR count). The first-order valence-corrected chi connectivity index (χ1v) is 6.29. The van der Waals surface area contributed by atoms with Gasteiger partial charge in [0.1, 0.15) is 11.4 Å². The topological polar surface area (TPSA) is 59.1 Å². The summed E-state index contributed by atoms with van der Waals surface area (Å²) in [5.41, 5.74) is 6.11. The summed E-state index contributed by atoms with van der Waals surface area (Å²) >= 11 is 2.23. The van der Waals surface area contributed by atoms with E-state index in [-0.39, 0.29) is 0 Å². The molecule has 1 unspecified atom stereocenters. The van der Waals surface area contributed by atoms with Crippen LogP contribution in [0, 0.1) is 3.57 Å². The normalized spacial score (nSPS) is 14.3. The molecule has 1 heterocycles. The number of benzene rings is 1. The number of pyridine rings is 1. The monoisotopic (exact) mass is 340 g/mol. The second-order valence-corrected chi connectivity index (χ2v) is 5.26. The van der Waals surface area contributed by atoms with E-state index in [2.05, 4.69) is 27.6 Å². The first-order chi connectivity index (χ1) is 8.01. The summed E-state index contributed by atoms with van der Waals surface area (Å²) < 4.78 is 1.13. The largest absolute Gasteiger partial charge is 0.383 e. The standard InChI is InChI=1S/C13H13IN2O/c1-13(17,9-4-6-10(14)7-5-9)11-3-2-8-16-12(11)15/h2-8,17H,1H3,(H2,15,16). The Morgan fingerprint density at radius 1 is 1.24 bits per heavy atom. The van der Waals surface area contributed by atoms with Gasteiger partial charge in [-0.25, -0.2) is 4.98 Å². The number of hydrogen-bond donors (Lipinski definition) is 2. The van der Waals surface area contributed by atoms with Crippen molar-refractivity contribution in [2.75, 3.05) is 5.73 Å². The van der Waals surface area contributed by atoms with Crippen LogP contribution in [-0.2, 0) is 5.60 Å². The molecule has 1 aromatic heterocycles. The highest BCUT2D eigenvalue weighted by Gasteiger charge is 2.27. The fourth-order valence-electron chi connectivity index (χ4n) is 1.76. The second kappa shape index (κ2) is 4.62. The number of nitrogen functional groups attached to an aromatic ring is 1. The van der Waals surface area contributed by atoms with Crippen molar-refractivity contribution in [1.29, 1.82) is 0 Å². The number of aliphatic hydroxyl groups is 1. The van der Waals surface area contributed by atoms with Crippen LogP contribution < -0.4 is 5.73 Å². The Bertz CT molecular complexity index is 523. The number of nitrogens with two attached hydrogens (primary N) is 1. The van der Waals surface area contributed by atoms with Gasteiger partial charge in [-0.1, -0.05) is 18.2 Å². The fourth-order valence-corrected chi connectivity index (χ4v) is 2.12. The Labute approximate surface area is 114 Å². The van der Waals surface area contributed by atoms with Crippen LogP contribution >= 0.6 is 22.6 Å². The van der Waals surface area contributed by atoms with Gasteiger partial charge >= 0.3 is 0 Å². The van der Waals surface area contributed by atoms with E-state index in [1.54, 1.807) is 25.3 Å². The minimum absolute atomic E-state index is 0.357. The molecule has 1 atom stereocenters. The van der Waals surface area contributed by atoms with Crippen molar-refractivity contribution in [3.63, 3.8) is 0 Å². The van der Waals surface area contributed by atoms with Gasteiger partial charge in [-0.05, 0) is 53.3 Å². The van der Waals surface area contributed by atoms with E-state index in [1.165, 1.54) is 0 Å². The van der Waals surface area contributed by atoms with Crippen LogP contribution in [0.15, 0.2) is 42.6 Å². The molecule has 0 bridgehead atoms. The average molecular weight is 340 g/mol. The molecule has 0 aliphatic carbocycles. The third-order valence-corrected chi connectivity index (χ3v) is 3.49. The van der Waals surface area contributed by atoms with Gasteiger partial charge in [0.05, 0.1) is 0 Å². The zero-order valence-corrected chi connectivity index (χ0v) is 11.5. The molecule has 1 aromatic carbocycles. The van der Waals surface area contributed by atoms with Gasteiger partial charge in [-0.3, -0.25) is 0 Å². The minimum Gasteiger partial charge on any atom is -0.383 e. The summed E-state index contributed by atoms with van der Waals surface area (Å²) in [5.74, 6) is 0.357. The fraction of sp³-hybridized carbons (Fsp3) is 0.154. The van der Waals surface area contributed by atoms with Crippen LogP contribution in [0.1, 0.15) is 18.1 Å². The van der Waals surface area contributed by atoms with Gasteiger partial charge in [0, 0.05) is 15.3 Å². The number of hydrogen-bond acceptors (Lipinski definition) is 3. The predicted octanol–water partition coefficient (Wildman–Crippen LogP) is 2.52. The van der Waals surface area contributed by atoms with Crippen molar-refractivity contribution in [3.8, 4) is 0 Å². The summed E-state index contributed by atoms with van der Waals surface area (Å²) in [7, 11) is 0. The van der Waals surface area contributed by atoms with Crippen molar-refractivity contribution in [2.24, 2.45) is 0 Å². The molecule has 4 heteroatoms. The van der Waals surface area contributed by atoms with Crippen molar-refractivity contribution >= 4 is 28.4 Å². The van der Waals surface area contributed by atoms with Crippen LogP contribution in [0.4, 0.5) is 5.82 Å². The molecule has 0 radical (unpaired) electrons. The molecular formula is C13H13IN2O. The quantitative estimate of drug-likeness (QED) is 0.826. The van der Waals surface area contributed by atoms with Gasteiger partial charge in [0.2, 0.25) is 0 Å². The molecule has 0 saturated heterocycles. The maximum atomic E-state index is 10.6. The molecule has 88 valence electrons. The van der Waals surface area contributed by atoms with Gasteiger partial charge in [0.25, 0.3) is 0 Å². The van der Waals surface area contributed by atoms with E-state index in [0.29, 0.717) is 11.4 Å². The number of halogens is 1. The highest BCUT2D eigenvalue weighted by atomic mass is 127. The number of rotatable bonds is 2. The Hall–Kier alpha value is -1.14. The Kier molecular flexibility index (Phi) is 3.35. The summed E-state index contributed by atoms with van der Waals surface area (Å²) in [4.78, 5) is 4.00. The predicted molar refractivity (Wildman–Crippen MR) is 76.5 cm³/mol. The molecule has 0 aliphatic heterocycles. The zero-order valence-electron chi connectivity index (χ0n) is 9.39. The molecular weight excluding hydrogens is 327 g/mol. The Balaban J connectivity index is 2.49. The molecule has 0 aliphatic rings. The lowest BCUT2D eigenvalue weighted by Gasteiger charge is -2.25. The van der Waals surface area contributed by atoms with E-state index in [1.807, 2.05) is 24.3 Å². The van der Waals surface area contributed by atoms with Crippen LogP contribution in [0.5, 0.6) is 0 Å². The second-order valence-electron chi connectivity index (χ2n) is 4.02. The van der Waals surface area contributed by atoms with Crippen molar-refractivity contribution in [3.05, 3.63) is 57.3 Å². The molecule has 3 N–H and O–H groups in total. The molecule has 0 amide bonds. The van der Waals surface area contributed by atoms with E-state index < -0.39 is 5.60 Å². The SMILES string of the molecule is CC(O)(c1ccc(I)cc1)c1cccnc1N. The highest BCUT2D eigenvalue weighted by Crippen LogP contribution is 2.31. The lowest BCUT2D eigenvalue weighted by molar-refractivity contribution is 0.103. The first-order valence-electron chi connectivity index (χ1n) is 5.21. The van der Waals surface area contributed by atoms with Gasteiger partial charge < -0.3 is 10.8 Å². The summed E-state index contributed by atoms with van der Waals surface area (Å²) in [6.45, 7) is 1.72. The summed E-state index contributed by atoms with van der Waals surface area (Å²) in [6, 6.07) is 11.3. The first kappa shape index (κ1) is 12.3. The average Bonchev–Trinajstić information content (AvgIpc) is 2.30. The van der Waals surface area contributed by atoms with E-state index in [4.69, 9.17) is 5.73 Å². The van der Waals surface area contributed by atoms with Crippen molar-refractivity contribution in [2.45, 2.75) is 12.5 Å². The molecule has 2 aromatic rings. The zero-order chi connectivity index (χ0) is 12.5.